The van der Waals surface area contributed by atoms with E-state index in [9.17, 15) is 41.1 Å². The SMILES string of the molecule is COc1ccc(-c2c(C3CCCCC3)c3ccc(C(=O)O)cc3n2CC(=O)NCCCCCN(C)S(N)(=O)=O)cc1.COc1ccc(-c2c(C3CCCCC3)c3ccc4cc3n2CC(=O)NCCCCCN(C)S(=O)(=O)NC4=O)cc1. The highest BCUT2D eigenvalue weighted by molar-refractivity contribution is 7.87. The third kappa shape index (κ3) is 14.8. The van der Waals surface area contributed by atoms with Gasteiger partial charge < -0.3 is 34.3 Å². The summed E-state index contributed by atoms with van der Waals surface area (Å²) in [5.41, 5.74) is 8.07. The lowest BCUT2D eigenvalue weighted by atomic mass is 9.81. The van der Waals surface area contributed by atoms with Crippen molar-refractivity contribution in [2.24, 2.45) is 5.14 Å². The Balaban J connectivity index is 0.000000212. The highest BCUT2D eigenvalue weighted by atomic mass is 32.2. The van der Waals surface area contributed by atoms with E-state index in [1.54, 1.807) is 38.5 Å². The average molecular weight is 1150 g/mol. The van der Waals surface area contributed by atoms with Crippen molar-refractivity contribution in [2.75, 3.05) is 54.5 Å². The summed E-state index contributed by atoms with van der Waals surface area (Å²) in [6.07, 6.45) is 15.4. The smallest absolute Gasteiger partial charge is 0.335 e. The molecule has 2 fully saturated rings. The molecule has 2 saturated carbocycles. The first-order valence-electron chi connectivity index (χ1n) is 28.3. The van der Waals surface area contributed by atoms with Crippen LogP contribution in [0, 0.1) is 0 Å². The Morgan fingerprint density at radius 3 is 1.88 bits per heavy atom. The Hall–Kier alpha value is -6.78. The summed E-state index contributed by atoms with van der Waals surface area (Å²) in [5, 5.41) is 22.9. The lowest BCUT2D eigenvalue weighted by molar-refractivity contribution is -0.122. The highest BCUT2D eigenvalue weighted by Crippen LogP contribution is 2.46. The zero-order valence-corrected chi connectivity index (χ0v) is 48.6. The summed E-state index contributed by atoms with van der Waals surface area (Å²) in [7, 11) is -1.51. The molecule has 3 amide bonds. The van der Waals surface area contributed by atoms with Crippen LogP contribution in [0.1, 0.15) is 146 Å². The van der Waals surface area contributed by atoms with Crippen molar-refractivity contribution < 1.29 is 50.6 Å². The maximum Gasteiger partial charge on any atom is 0.335 e. The molecule has 2 aromatic heterocycles. The van der Waals surface area contributed by atoms with Gasteiger partial charge in [-0.15, -0.1) is 0 Å². The molecule has 21 heteroatoms. The Morgan fingerprint density at radius 2 is 1.28 bits per heavy atom. The number of aromatic carboxylic acids is 1. The van der Waals surface area contributed by atoms with Crippen LogP contribution in [0.2, 0.25) is 0 Å². The molecular formula is C60H78N8O11S2. The number of hydrogen-bond donors (Lipinski definition) is 5. The van der Waals surface area contributed by atoms with E-state index in [1.165, 1.54) is 42.4 Å². The minimum Gasteiger partial charge on any atom is -0.497 e. The molecule has 9 rings (SSSR count). The van der Waals surface area contributed by atoms with Gasteiger partial charge in [0, 0.05) is 56.6 Å². The highest BCUT2D eigenvalue weighted by Gasteiger charge is 2.31. The molecule has 0 unspecified atom stereocenters. The average Bonchev–Trinajstić information content (AvgIpc) is 3.99. The second-order valence-corrected chi connectivity index (χ2v) is 25.0. The van der Waals surface area contributed by atoms with E-state index >= 15 is 0 Å². The number of fused-ring (bicyclic) bond motifs is 2. The quantitative estimate of drug-likeness (QED) is 0.0572. The number of nitrogens with two attached hydrogens (primary N) is 1. The molecule has 0 radical (unpaired) electrons. The van der Waals surface area contributed by atoms with E-state index in [4.69, 9.17) is 14.6 Å². The van der Waals surface area contributed by atoms with Gasteiger partial charge in [0.1, 0.15) is 24.6 Å². The van der Waals surface area contributed by atoms with Crippen molar-refractivity contribution >= 4 is 65.9 Å². The molecule has 436 valence electrons. The van der Waals surface area contributed by atoms with Crippen molar-refractivity contribution in [1.29, 1.82) is 0 Å². The van der Waals surface area contributed by atoms with Gasteiger partial charge in [-0.05, 0) is 158 Å². The molecule has 6 N–H and O–H groups in total. The number of unbranched alkanes of at least 4 members (excludes halogenated alkanes) is 2. The van der Waals surface area contributed by atoms with Crippen LogP contribution in [0.3, 0.4) is 0 Å². The van der Waals surface area contributed by atoms with Crippen molar-refractivity contribution in [3.8, 4) is 34.0 Å². The third-order valence-corrected chi connectivity index (χ3v) is 18.6. The zero-order chi connectivity index (χ0) is 57.8. The number of aromatic nitrogens is 2. The molecule has 2 bridgehead atoms. The number of benzene rings is 4. The Morgan fingerprint density at radius 1 is 0.728 bits per heavy atom. The lowest BCUT2D eigenvalue weighted by Gasteiger charge is -2.24. The number of nitrogens with one attached hydrogen (secondary N) is 3. The molecule has 81 heavy (non-hydrogen) atoms. The maximum atomic E-state index is 13.3. The summed E-state index contributed by atoms with van der Waals surface area (Å²) in [4.78, 5) is 51.6. The van der Waals surface area contributed by atoms with Crippen LogP contribution in [0.15, 0.2) is 84.9 Å². The van der Waals surface area contributed by atoms with Crippen LogP contribution in [-0.4, -0.2) is 118 Å². The predicted molar refractivity (Wildman–Crippen MR) is 315 cm³/mol. The van der Waals surface area contributed by atoms with E-state index in [1.807, 2.05) is 69.8 Å². The number of carbonyl (C=O) groups is 4. The Kier molecular flexibility index (Phi) is 20.3. The van der Waals surface area contributed by atoms with Crippen LogP contribution in [0.4, 0.5) is 0 Å². The van der Waals surface area contributed by atoms with Crippen LogP contribution in [0.5, 0.6) is 11.5 Å². The van der Waals surface area contributed by atoms with Crippen LogP contribution in [0.25, 0.3) is 44.3 Å². The van der Waals surface area contributed by atoms with E-state index in [0.29, 0.717) is 50.7 Å². The first-order valence-corrected chi connectivity index (χ1v) is 31.2. The lowest BCUT2D eigenvalue weighted by Crippen LogP contribution is -2.42. The van der Waals surface area contributed by atoms with Crippen LogP contribution >= 0.6 is 0 Å². The third-order valence-electron chi connectivity index (χ3n) is 16.1. The molecular weight excluding hydrogens is 1070 g/mol. The van der Waals surface area contributed by atoms with Gasteiger partial charge in [-0.3, -0.25) is 14.4 Å². The molecule has 2 aliphatic carbocycles. The fourth-order valence-electron chi connectivity index (χ4n) is 11.7. The second kappa shape index (κ2) is 27.3. The minimum atomic E-state index is -3.98. The molecule has 0 atom stereocenters. The summed E-state index contributed by atoms with van der Waals surface area (Å²) in [6, 6.07) is 26.2. The number of carboxylic acid groups (broad SMARTS) is 1. The first kappa shape index (κ1) is 60.3. The number of ether oxygens (including phenoxy) is 2. The van der Waals surface area contributed by atoms with Crippen molar-refractivity contribution in [2.45, 2.75) is 128 Å². The number of amides is 3. The van der Waals surface area contributed by atoms with Crippen LogP contribution in [-0.2, 0) is 43.1 Å². The van der Waals surface area contributed by atoms with Gasteiger partial charge in [0.05, 0.1) is 42.2 Å². The zero-order valence-electron chi connectivity index (χ0n) is 47.0. The molecule has 0 saturated heterocycles. The maximum absolute atomic E-state index is 13.3. The molecule has 1 aliphatic heterocycles. The summed E-state index contributed by atoms with van der Waals surface area (Å²) < 4.78 is 67.6. The van der Waals surface area contributed by atoms with Crippen molar-refractivity contribution in [3.63, 3.8) is 0 Å². The fourth-order valence-corrected chi connectivity index (χ4v) is 13.0. The number of rotatable bonds is 16. The van der Waals surface area contributed by atoms with Crippen molar-refractivity contribution in [3.05, 3.63) is 107 Å². The summed E-state index contributed by atoms with van der Waals surface area (Å²) in [5.74, 6) is 0.148. The molecule has 3 heterocycles. The topological polar surface area (TPSA) is 254 Å². The molecule has 4 aromatic carbocycles. The number of nitrogens with zero attached hydrogens (tertiary/aromatic N) is 4. The summed E-state index contributed by atoms with van der Waals surface area (Å²) in [6.45, 7) is 1.71. The van der Waals surface area contributed by atoms with Gasteiger partial charge in [0.2, 0.25) is 11.8 Å². The van der Waals surface area contributed by atoms with Gasteiger partial charge in [-0.1, -0.05) is 63.5 Å². The number of methoxy groups -OCH3 is 2. The van der Waals surface area contributed by atoms with E-state index in [-0.39, 0.29) is 42.6 Å². The first-order chi connectivity index (χ1) is 38.9. The van der Waals surface area contributed by atoms with Crippen LogP contribution < -0.4 is 30.0 Å². The predicted octanol–water partition coefficient (Wildman–Crippen LogP) is 9.06. The number of hydrogen-bond acceptors (Lipinski definition) is 10. The number of carbonyl (C=O) groups excluding carboxylic acids is 3. The molecule has 6 aromatic rings. The van der Waals surface area contributed by atoms with Gasteiger partial charge in [0.25, 0.3) is 16.1 Å². The van der Waals surface area contributed by atoms with E-state index < -0.39 is 32.3 Å². The summed E-state index contributed by atoms with van der Waals surface area (Å²) >= 11 is 0. The monoisotopic (exact) mass is 1150 g/mol. The fraction of sp³-hybridized carbons (Fsp3) is 0.467. The van der Waals surface area contributed by atoms with Gasteiger partial charge >= 0.3 is 16.2 Å². The number of carboxylic acids is 1. The van der Waals surface area contributed by atoms with Gasteiger partial charge in [0.15, 0.2) is 0 Å². The van der Waals surface area contributed by atoms with E-state index in [0.717, 1.165) is 131 Å². The normalized spacial score (nSPS) is 17.1. The molecule has 0 spiro atoms. The minimum absolute atomic E-state index is 0.0435. The second-order valence-electron chi connectivity index (χ2n) is 21.5. The molecule has 3 aliphatic rings. The van der Waals surface area contributed by atoms with Crippen molar-refractivity contribution in [1.82, 2.24) is 33.1 Å². The van der Waals surface area contributed by atoms with Gasteiger partial charge in [-0.25, -0.2) is 14.7 Å². The largest absolute Gasteiger partial charge is 0.497 e. The molecule has 19 nitrogen and oxygen atoms in total. The Bertz CT molecular complexity index is 3420. The van der Waals surface area contributed by atoms with E-state index in [2.05, 4.69) is 15.4 Å². The Labute approximate surface area is 475 Å². The standard InChI is InChI=1S/C30H40N4O6S.C30H38N4O5S/c1-33(41(31,38)39)18-8-4-7-17-32-27(35)20-34-26-19-23(30(36)37)13-16-25(26)28(21-9-5-3-6-10-21)29(34)22-11-14-24(40-2)15-12-22;1-33-18-8-4-7-17-31-27(35)20-34-26-19-23(30(36)32-40(33,37)38)13-16-25(26)28(21-9-5-3-6-10-21)29(34)22-11-14-24(39-2)15-12-22/h11-16,19,21H,3-10,17-18,20H2,1-2H3,(H,32,35)(H,36,37)(H2,31,38,39);11-16,19,21H,3-10,17-18,20H2,1-2H3,(H,31,35)(H,32,36). The van der Waals surface area contributed by atoms with Gasteiger partial charge in [-0.2, -0.15) is 25.4 Å².